The summed E-state index contributed by atoms with van der Waals surface area (Å²) in [5.41, 5.74) is 1.38. The van der Waals surface area contributed by atoms with Gasteiger partial charge in [-0.2, -0.15) is 0 Å². The van der Waals surface area contributed by atoms with Crippen LogP contribution in [0.15, 0.2) is 30.0 Å². The molecule has 3 rings (SSSR count). The van der Waals surface area contributed by atoms with Crippen LogP contribution in [-0.2, 0) is 9.59 Å². The molecule has 1 unspecified atom stereocenters. The van der Waals surface area contributed by atoms with Crippen molar-refractivity contribution >= 4 is 23.1 Å². The van der Waals surface area contributed by atoms with Crippen LogP contribution in [0.5, 0.6) is 0 Å². The molecule has 2 aliphatic rings. The zero-order chi connectivity index (χ0) is 21.0. The number of non-ortho nitro benzene ring substituents is 1. The third kappa shape index (κ3) is 4.49. The van der Waals surface area contributed by atoms with Gasteiger partial charge in [0.05, 0.1) is 10.5 Å². The SMILES string of the molecule is CCCCCCN1C(=O)C(c2ccc([N+](=O)[O-])cc2)=C(N2CCCC(C)C2)C1=O. The maximum absolute atomic E-state index is 13.2. The topological polar surface area (TPSA) is 83.8 Å². The molecule has 1 aromatic rings. The molecule has 2 aliphatic heterocycles. The fourth-order valence-corrected chi connectivity index (χ4v) is 4.16. The number of amides is 2. The summed E-state index contributed by atoms with van der Waals surface area (Å²) >= 11 is 0. The number of benzene rings is 1. The molecule has 2 amide bonds. The first-order chi connectivity index (χ1) is 13.9. The highest BCUT2D eigenvalue weighted by atomic mass is 16.6. The molecule has 156 valence electrons. The summed E-state index contributed by atoms with van der Waals surface area (Å²) in [7, 11) is 0. The predicted molar refractivity (Wildman–Crippen MR) is 111 cm³/mol. The second-order valence-corrected chi connectivity index (χ2v) is 8.04. The van der Waals surface area contributed by atoms with Gasteiger partial charge in [0.25, 0.3) is 17.5 Å². The Balaban J connectivity index is 1.94. The summed E-state index contributed by atoms with van der Waals surface area (Å²) < 4.78 is 0. The average molecular weight is 399 g/mol. The summed E-state index contributed by atoms with van der Waals surface area (Å²) in [6, 6.07) is 5.93. The Bertz CT molecular complexity index is 816. The summed E-state index contributed by atoms with van der Waals surface area (Å²) in [5, 5.41) is 11.0. The van der Waals surface area contributed by atoms with Crippen LogP contribution in [0.1, 0.15) is 57.9 Å². The largest absolute Gasteiger partial charge is 0.366 e. The molecule has 7 nitrogen and oxygen atoms in total. The molecular formula is C22H29N3O4. The maximum Gasteiger partial charge on any atom is 0.277 e. The van der Waals surface area contributed by atoms with Crippen LogP contribution in [0, 0.1) is 16.0 Å². The molecule has 0 bridgehead atoms. The number of rotatable bonds is 8. The van der Waals surface area contributed by atoms with Crippen LogP contribution in [0.3, 0.4) is 0 Å². The van der Waals surface area contributed by atoms with Gasteiger partial charge in [-0.1, -0.05) is 33.1 Å². The monoisotopic (exact) mass is 399 g/mol. The van der Waals surface area contributed by atoms with Gasteiger partial charge in [-0.05, 0) is 42.9 Å². The van der Waals surface area contributed by atoms with Crippen LogP contribution < -0.4 is 0 Å². The van der Waals surface area contributed by atoms with Crippen molar-refractivity contribution < 1.29 is 14.5 Å². The van der Waals surface area contributed by atoms with Gasteiger partial charge >= 0.3 is 0 Å². The van der Waals surface area contributed by atoms with Gasteiger partial charge in [0.15, 0.2) is 0 Å². The van der Waals surface area contributed by atoms with Crippen molar-refractivity contribution in [2.24, 2.45) is 5.92 Å². The number of nitro benzene ring substituents is 1. The smallest absolute Gasteiger partial charge is 0.277 e. The molecule has 1 fully saturated rings. The zero-order valence-corrected chi connectivity index (χ0v) is 17.2. The molecule has 1 saturated heterocycles. The Morgan fingerprint density at radius 1 is 1.10 bits per heavy atom. The lowest BCUT2D eigenvalue weighted by Gasteiger charge is -2.33. The number of hydrogen-bond acceptors (Lipinski definition) is 5. The summed E-state index contributed by atoms with van der Waals surface area (Å²) in [5.74, 6) is -0.0570. The molecule has 0 spiro atoms. The molecule has 29 heavy (non-hydrogen) atoms. The van der Waals surface area contributed by atoms with Crippen molar-refractivity contribution in [1.82, 2.24) is 9.80 Å². The molecule has 0 aliphatic carbocycles. The quantitative estimate of drug-likeness (QED) is 0.286. The Morgan fingerprint density at radius 2 is 1.83 bits per heavy atom. The number of unbranched alkanes of at least 4 members (excludes halogenated alkanes) is 3. The van der Waals surface area contributed by atoms with Gasteiger partial charge in [0.1, 0.15) is 5.70 Å². The van der Waals surface area contributed by atoms with Crippen LogP contribution in [0.2, 0.25) is 0 Å². The molecule has 0 N–H and O–H groups in total. The number of piperidine rings is 1. The summed E-state index contributed by atoms with van der Waals surface area (Å²) in [4.78, 5) is 40.4. The number of nitrogens with zero attached hydrogens (tertiary/aromatic N) is 3. The van der Waals surface area contributed by atoms with Crippen molar-refractivity contribution in [3.8, 4) is 0 Å². The molecule has 7 heteroatoms. The minimum atomic E-state index is -0.465. The van der Waals surface area contributed by atoms with E-state index in [0.717, 1.165) is 51.6 Å². The van der Waals surface area contributed by atoms with Gasteiger partial charge in [-0.3, -0.25) is 24.6 Å². The molecule has 0 radical (unpaired) electrons. The van der Waals surface area contributed by atoms with E-state index in [1.165, 1.54) is 17.0 Å². The summed E-state index contributed by atoms with van der Waals surface area (Å²) in [6.45, 7) is 6.19. The Hall–Kier alpha value is -2.70. The first-order valence-electron chi connectivity index (χ1n) is 10.5. The minimum absolute atomic E-state index is 0.0318. The van der Waals surface area contributed by atoms with E-state index in [-0.39, 0.29) is 17.5 Å². The lowest BCUT2D eigenvalue weighted by Crippen LogP contribution is -2.39. The molecule has 0 saturated carbocycles. The van der Waals surface area contributed by atoms with Crippen LogP contribution >= 0.6 is 0 Å². The van der Waals surface area contributed by atoms with E-state index < -0.39 is 4.92 Å². The van der Waals surface area contributed by atoms with E-state index in [9.17, 15) is 19.7 Å². The second kappa shape index (κ2) is 9.20. The van der Waals surface area contributed by atoms with Crippen molar-refractivity contribution in [3.05, 3.63) is 45.6 Å². The molecule has 1 atom stereocenters. The van der Waals surface area contributed by atoms with Crippen LogP contribution in [0.25, 0.3) is 5.57 Å². The number of likely N-dealkylation sites (tertiary alicyclic amines) is 1. The van der Waals surface area contributed by atoms with Crippen molar-refractivity contribution in [1.29, 1.82) is 0 Å². The number of nitro groups is 1. The second-order valence-electron chi connectivity index (χ2n) is 8.04. The van der Waals surface area contributed by atoms with E-state index in [0.29, 0.717) is 29.3 Å². The molecule has 0 aromatic heterocycles. The van der Waals surface area contributed by atoms with Gasteiger partial charge in [-0.25, -0.2) is 0 Å². The van der Waals surface area contributed by atoms with E-state index in [2.05, 4.69) is 13.8 Å². The van der Waals surface area contributed by atoms with Gasteiger partial charge in [-0.15, -0.1) is 0 Å². The molecular weight excluding hydrogens is 370 g/mol. The van der Waals surface area contributed by atoms with E-state index in [4.69, 9.17) is 0 Å². The summed E-state index contributed by atoms with van der Waals surface area (Å²) in [6.07, 6.45) is 6.04. The Labute approximate surface area is 171 Å². The Morgan fingerprint density at radius 3 is 2.45 bits per heavy atom. The molecule has 1 aromatic carbocycles. The fourth-order valence-electron chi connectivity index (χ4n) is 4.16. The van der Waals surface area contributed by atoms with Crippen LogP contribution in [-0.4, -0.2) is 46.2 Å². The number of carbonyl (C=O) groups is 2. The predicted octanol–water partition coefficient (Wildman–Crippen LogP) is 3.99. The highest BCUT2D eigenvalue weighted by molar-refractivity contribution is 6.35. The van der Waals surface area contributed by atoms with Gasteiger partial charge in [0.2, 0.25) is 0 Å². The standard InChI is InChI=1S/C22H29N3O4/c1-3-4-5-6-14-24-21(26)19(17-9-11-18(12-10-17)25(28)29)20(22(24)27)23-13-7-8-16(2)15-23/h9-12,16H,3-8,13-15H2,1-2H3. The highest BCUT2D eigenvalue weighted by Gasteiger charge is 2.41. The van der Waals surface area contributed by atoms with Crippen molar-refractivity contribution in [2.75, 3.05) is 19.6 Å². The lowest BCUT2D eigenvalue weighted by atomic mass is 9.97. The zero-order valence-electron chi connectivity index (χ0n) is 17.2. The third-order valence-corrected chi connectivity index (χ3v) is 5.72. The number of imide groups is 1. The minimum Gasteiger partial charge on any atom is -0.366 e. The van der Waals surface area contributed by atoms with Gasteiger partial charge < -0.3 is 4.90 Å². The van der Waals surface area contributed by atoms with Gasteiger partial charge in [0, 0.05) is 31.8 Å². The third-order valence-electron chi connectivity index (χ3n) is 5.72. The lowest BCUT2D eigenvalue weighted by molar-refractivity contribution is -0.384. The average Bonchev–Trinajstić information content (AvgIpc) is 2.95. The normalized spacial score (nSPS) is 20.0. The first-order valence-corrected chi connectivity index (χ1v) is 10.5. The number of hydrogen-bond donors (Lipinski definition) is 0. The first kappa shape index (κ1) is 21.0. The number of carbonyl (C=O) groups excluding carboxylic acids is 2. The van der Waals surface area contributed by atoms with Crippen LogP contribution in [0.4, 0.5) is 5.69 Å². The van der Waals surface area contributed by atoms with Crippen molar-refractivity contribution in [3.63, 3.8) is 0 Å². The van der Waals surface area contributed by atoms with E-state index >= 15 is 0 Å². The maximum atomic E-state index is 13.2. The fraction of sp³-hybridized carbons (Fsp3) is 0.545. The van der Waals surface area contributed by atoms with Crippen molar-refractivity contribution in [2.45, 2.75) is 52.4 Å². The van der Waals surface area contributed by atoms with E-state index in [1.54, 1.807) is 12.1 Å². The Kier molecular flexibility index (Phi) is 6.67. The molecule has 2 heterocycles. The highest BCUT2D eigenvalue weighted by Crippen LogP contribution is 2.34. The van der Waals surface area contributed by atoms with E-state index in [1.807, 2.05) is 4.90 Å².